The zero-order chi connectivity index (χ0) is 14.7. The molecule has 0 aliphatic carbocycles. The van der Waals surface area contributed by atoms with Gasteiger partial charge in [0, 0.05) is 19.1 Å². The first-order chi connectivity index (χ1) is 10.2. The fraction of sp³-hybridized carbons (Fsp3) is 0.562. The van der Waals surface area contributed by atoms with Crippen LogP contribution in [0.4, 0.5) is 4.79 Å². The Bertz CT molecular complexity index is 489. The van der Waals surface area contributed by atoms with E-state index >= 15 is 0 Å². The third kappa shape index (κ3) is 3.29. The van der Waals surface area contributed by atoms with Gasteiger partial charge in [0.05, 0.1) is 6.54 Å². The van der Waals surface area contributed by atoms with Gasteiger partial charge >= 0.3 is 6.09 Å². The van der Waals surface area contributed by atoms with Gasteiger partial charge in [-0.2, -0.15) is 0 Å². The van der Waals surface area contributed by atoms with Crippen LogP contribution in [0.25, 0.3) is 0 Å². The van der Waals surface area contributed by atoms with Crippen LogP contribution in [0, 0.1) is 0 Å². The van der Waals surface area contributed by atoms with Crippen molar-refractivity contribution >= 4 is 6.09 Å². The second-order valence-corrected chi connectivity index (χ2v) is 5.74. The zero-order valence-electron chi connectivity index (χ0n) is 12.2. The normalized spacial score (nSPS) is 22.8. The average molecular weight is 290 g/mol. The summed E-state index contributed by atoms with van der Waals surface area (Å²) >= 11 is 0. The van der Waals surface area contributed by atoms with E-state index in [1.807, 2.05) is 12.1 Å². The van der Waals surface area contributed by atoms with E-state index in [1.54, 1.807) is 17.0 Å². The molecule has 1 atom stereocenters. The summed E-state index contributed by atoms with van der Waals surface area (Å²) in [5, 5.41) is 9.39. The van der Waals surface area contributed by atoms with Crippen LogP contribution in [0.2, 0.25) is 0 Å². The first-order valence-electron chi connectivity index (χ1n) is 7.69. The summed E-state index contributed by atoms with van der Waals surface area (Å²) in [5.74, 6) is 0.316. The molecule has 2 saturated heterocycles. The van der Waals surface area contributed by atoms with Gasteiger partial charge < -0.3 is 14.7 Å². The molecule has 0 spiro atoms. The minimum Gasteiger partial charge on any atom is -0.508 e. The average Bonchev–Trinajstić information content (AvgIpc) is 3.10. The third-order valence-electron chi connectivity index (χ3n) is 4.36. The molecule has 2 fully saturated rings. The molecular formula is C16H22N2O3. The molecule has 1 N–H and O–H groups in total. The number of amides is 1. The lowest BCUT2D eigenvalue weighted by Crippen LogP contribution is -2.30. The molecule has 5 heteroatoms. The first-order valence-corrected chi connectivity index (χ1v) is 7.69. The van der Waals surface area contributed by atoms with E-state index in [4.69, 9.17) is 4.74 Å². The number of aromatic hydroxyl groups is 1. The highest BCUT2D eigenvalue weighted by Crippen LogP contribution is 2.32. The molecule has 114 valence electrons. The van der Waals surface area contributed by atoms with Gasteiger partial charge in [-0.15, -0.1) is 0 Å². The van der Waals surface area contributed by atoms with E-state index in [0.717, 1.165) is 39.0 Å². The van der Waals surface area contributed by atoms with Crippen LogP contribution in [0.1, 0.15) is 30.9 Å². The molecule has 1 unspecified atom stereocenters. The third-order valence-corrected chi connectivity index (χ3v) is 4.36. The Morgan fingerprint density at radius 2 is 2.00 bits per heavy atom. The molecule has 5 nitrogen and oxygen atoms in total. The predicted molar refractivity (Wildman–Crippen MR) is 79.2 cm³/mol. The van der Waals surface area contributed by atoms with Crippen molar-refractivity contribution in [2.24, 2.45) is 0 Å². The van der Waals surface area contributed by atoms with Gasteiger partial charge in [0.15, 0.2) is 0 Å². The van der Waals surface area contributed by atoms with Crippen LogP contribution in [0.3, 0.4) is 0 Å². The summed E-state index contributed by atoms with van der Waals surface area (Å²) < 4.78 is 4.94. The topological polar surface area (TPSA) is 53.0 Å². The van der Waals surface area contributed by atoms with Gasteiger partial charge in [-0.05, 0) is 43.5 Å². The molecule has 2 aliphatic heterocycles. The van der Waals surface area contributed by atoms with Crippen molar-refractivity contribution in [3.05, 3.63) is 29.8 Å². The molecule has 0 radical (unpaired) electrons. The number of hydrogen-bond acceptors (Lipinski definition) is 4. The molecule has 2 heterocycles. The van der Waals surface area contributed by atoms with E-state index in [-0.39, 0.29) is 6.09 Å². The van der Waals surface area contributed by atoms with Crippen molar-refractivity contribution in [3.8, 4) is 5.75 Å². The Hall–Kier alpha value is -1.75. The van der Waals surface area contributed by atoms with Gasteiger partial charge in [0.25, 0.3) is 0 Å². The molecule has 1 amide bonds. The Morgan fingerprint density at radius 1 is 1.19 bits per heavy atom. The summed E-state index contributed by atoms with van der Waals surface area (Å²) in [6.07, 6.45) is 3.17. The summed E-state index contributed by atoms with van der Waals surface area (Å²) in [7, 11) is 0. The number of benzene rings is 1. The van der Waals surface area contributed by atoms with Crippen LogP contribution in [-0.4, -0.2) is 53.8 Å². The Balaban J connectivity index is 1.52. The van der Waals surface area contributed by atoms with Gasteiger partial charge in [0.2, 0.25) is 0 Å². The maximum atomic E-state index is 11.4. The van der Waals surface area contributed by atoms with Crippen molar-refractivity contribution in [2.45, 2.75) is 25.3 Å². The minimum atomic E-state index is -0.175. The highest BCUT2D eigenvalue weighted by Gasteiger charge is 2.26. The van der Waals surface area contributed by atoms with Crippen LogP contribution in [0.5, 0.6) is 5.75 Å². The highest BCUT2D eigenvalue weighted by atomic mass is 16.6. The number of phenols is 1. The highest BCUT2D eigenvalue weighted by molar-refractivity contribution is 5.69. The lowest BCUT2D eigenvalue weighted by molar-refractivity contribution is 0.156. The second kappa shape index (κ2) is 6.35. The van der Waals surface area contributed by atoms with Crippen molar-refractivity contribution in [1.82, 2.24) is 9.80 Å². The van der Waals surface area contributed by atoms with Crippen LogP contribution >= 0.6 is 0 Å². The number of ether oxygens (including phenoxy) is 1. The van der Waals surface area contributed by atoms with Crippen molar-refractivity contribution in [1.29, 1.82) is 0 Å². The fourth-order valence-electron chi connectivity index (χ4n) is 3.26. The number of nitrogens with zero attached hydrogens (tertiary/aromatic N) is 2. The van der Waals surface area contributed by atoms with Gasteiger partial charge in [-0.1, -0.05) is 12.1 Å². The van der Waals surface area contributed by atoms with Crippen molar-refractivity contribution in [2.75, 3.05) is 32.8 Å². The molecule has 0 saturated carbocycles. The number of likely N-dealkylation sites (tertiary alicyclic amines) is 1. The summed E-state index contributed by atoms with van der Waals surface area (Å²) in [5.41, 5.74) is 1.27. The summed E-state index contributed by atoms with van der Waals surface area (Å²) in [6, 6.07) is 7.97. The van der Waals surface area contributed by atoms with E-state index in [9.17, 15) is 9.90 Å². The van der Waals surface area contributed by atoms with Gasteiger partial charge in [-0.3, -0.25) is 4.90 Å². The number of rotatable bonds is 5. The standard InChI is InChI=1S/C16H22N2O3/c19-14-6-4-13(5-7-14)15-3-1-8-17(15)9-2-10-18-11-12-21-16(18)20/h4-7,15,19H,1-3,8-12H2. The predicted octanol–water partition coefficient (Wildman–Crippen LogP) is 2.37. The largest absolute Gasteiger partial charge is 0.508 e. The molecule has 3 rings (SSSR count). The number of carbonyl (C=O) groups excluding carboxylic acids is 1. The lowest BCUT2D eigenvalue weighted by atomic mass is 10.0. The minimum absolute atomic E-state index is 0.175. The molecule has 21 heavy (non-hydrogen) atoms. The Morgan fingerprint density at radius 3 is 2.71 bits per heavy atom. The molecule has 1 aromatic carbocycles. The Labute approximate surface area is 125 Å². The first kappa shape index (κ1) is 14.2. The van der Waals surface area contributed by atoms with Crippen LogP contribution in [0.15, 0.2) is 24.3 Å². The molecule has 2 aliphatic rings. The van der Waals surface area contributed by atoms with Crippen molar-refractivity contribution in [3.63, 3.8) is 0 Å². The van der Waals surface area contributed by atoms with E-state index < -0.39 is 0 Å². The number of cyclic esters (lactones) is 1. The quantitative estimate of drug-likeness (QED) is 0.904. The monoisotopic (exact) mass is 290 g/mol. The SMILES string of the molecule is O=C1OCCN1CCCN1CCCC1c1ccc(O)cc1. The van der Waals surface area contributed by atoms with E-state index in [1.165, 1.54) is 12.0 Å². The van der Waals surface area contributed by atoms with Crippen LogP contribution in [-0.2, 0) is 4.74 Å². The molecule has 0 bridgehead atoms. The summed E-state index contributed by atoms with van der Waals surface area (Å²) in [4.78, 5) is 15.6. The zero-order valence-corrected chi connectivity index (χ0v) is 12.2. The maximum Gasteiger partial charge on any atom is 0.409 e. The van der Waals surface area contributed by atoms with Crippen molar-refractivity contribution < 1.29 is 14.6 Å². The summed E-state index contributed by atoms with van der Waals surface area (Å²) in [6.45, 7) is 4.13. The second-order valence-electron chi connectivity index (χ2n) is 5.74. The van der Waals surface area contributed by atoms with Gasteiger partial charge in [-0.25, -0.2) is 4.79 Å². The van der Waals surface area contributed by atoms with E-state index in [2.05, 4.69) is 4.90 Å². The Kier molecular flexibility index (Phi) is 4.29. The number of carbonyl (C=O) groups is 1. The molecular weight excluding hydrogens is 268 g/mol. The molecule has 0 aromatic heterocycles. The van der Waals surface area contributed by atoms with E-state index in [0.29, 0.717) is 18.4 Å². The smallest absolute Gasteiger partial charge is 0.409 e. The number of hydrogen-bond donors (Lipinski definition) is 1. The maximum absolute atomic E-state index is 11.4. The molecule has 1 aromatic rings. The van der Waals surface area contributed by atoms with Gasteiger partial charge in [0.1, 0.15) is 12.4 Å². The fourth-order valence-corrected chi connectivity index (χ4v) is 3.26. The number of phenolic OH excluding ortho intramolecular Hbond substituents is 1. The van der Waals surface area contributed by atoms with Crippen LogP contribution < -0.4 is 0 Å². The lowest BCUT2D eigenvalue weighted by Gasteiger charge is -2.25.